The largest absolute Gasteiger partial charge is 0.493 e. The van der Waals surface area contributed by atoms with E-state index < -0.39 is 17.5 Å². The lowest BCUT2D eigenvalue weighted by Crippen LogP contribution is -2.28. The van der Waals surface area contributed by atoms with Gasteiger partial charge in [-0.1, -0.05) is 12.1 Å². The molecule has 7 heteroatoms. The highest BCUT2D eigenvalue weighted by atomic mass is 32.2. The normalized spacial score (nSPS) is 19.2. The van der Waals surface area contributed by atoms with Crippen molar-refractivity contribution in [2.45, 2.75) is 18.3 Å². The molecule has 2 heterocycles. The monoisotopic (exact) mass is 365 g/mol. The fraction of sp³-hybridized carbons (Fsp3) is 0.278. The predicted octanol–water partition coefficient (Wildman–Crippen LogP) is 3.81. The van der Waals surface area contributed by atoms with Crippen LogP contribution >= 0.6 is 11.8 Å². The minimum atomic E-state index is -1.51. The summed E-state index contributed by atoms with van der Waals surface area (Å²) in [5, 5.41) is -0.286. The van der Waals surface area contributed by atoms with Gasteiger partial charge in [-0.2, -0.15) is 0 Å². The Morgan fingerprint density at radius 2 is 2.00 bits per heavy atom. The molecule has 0 N–H and O–H groups in total. The Kier molecular flexibility index (Phi) is 4.11. The molecule has 2 aromatic rings. The highest BCUT2D eigenvalue weighted by Crippen LogP contribution is 2.41. The molecule has 0 spiro atoms. The number of thioether (sulfide) groups is 1. The van der Waals surface area contributed by atoms with Crippen LogP contribution in [-0.2, 0) is 17.8 Å². The third kappa shape index (κ3) is 2.86. The number of amides is 1. The first-order valence-electron chi connectivity index (χ1n) is 7.83. The zero-order valence-electron chi connectivity index (χ0n) is 13.1. The Bertz CT molecular complexity index is 858. The maximum Gasteiger partial charge on any atom is 0.234 e. The van der Waals surface area contributed by atoms with Gasteiger partial charge in [-0.15, -0.1) is 11.8 Å². The van der Waals surface area contributed by atoms with Gasteiger partial charge in [-0.3, -0.25) is 4.79 Å². The molecule has 0 radical (unpaired) electrons. The number of carbonyl (C=O) groups excluding carboxylic acids is 1. The van der Waals surface area contributed by atoms with Crippen molar-refractivity contribution in [1.82, 2.24) is 4.90 Å². The van der Waals surface area contributed by atoms with Crippen molar-refractivity contribution in [3.63, 3.8) is 0 Å². The summed E-state index contributed by atoms with van der Waals surface area (Å²) in [6.07, 6.45) is 0.812. The molecule has 4 rings (SSSR count). The number of hydrogen-bond acceptors (Lipinski definition) is 3. The summed E-state index contributed by atoms with van der Waals surface area (Å²) < 4.78 is 46.0. The number of nitrogens with zero attached hydrogens (tertiary/aromatic N) is 1. The Balaban J connectivity index is 1.63. The fourth-order valence-corrected chi connectivity index (χ4v) is 4.31. The van der Waals surface area contributed by atoms with Gasteiger partial charge in [-0.05, 0) is 29.3 Å². The molecule has 0 aromatic heterocycles. The summed E-state index contributed by atoms with van der Waals surface area (Å²) >= 11 is 1.43. The molecule has 1 atom stereocenters. The van der Waals surface area contributed by atoms with Gasteiger partial charge < -0.3 is 9.64 Å². The first kappa shape index (κ1) is 16.3. The molecule has 1 fully saturated rings. The fourth-order valence-electron chi connectivity index (χ4n) is 3.13. The van der Waals surface area contributed by atoms with Crippen molar-refractivity contribution in [1.29, 1.82) is 0 Å². The molecule has 2 aliphatic heterocycles. The van der Waals surface area contributed by atoms with Crippen LogP contribution in [0.3, 0.4) is 0 Å². The van der Waals surface area contributed by atoms with Gasteiger partial charge in [0.15, 0.2) is 17.5 Å². The van der Waals surface area contributed by atoms with E-state index in [0.29, 0.717) is 6.61 Å². The van der Waals surface area contributed by atoms with E-state index in [1.165, 1.54) is 22.7 Å². The van der Waals surface area contributed by atoms with Gasteiger partial charge in [0.1, 0.15) is 11.1 Å². The minimum Gasteiger partial charge on any atom is -0.493 e. The first-order valence-corrected chi connectivity index (χ1v) is 8.88. The molecule has 1 unspecified atom stereocenters. The topological polar surface area (TPSA) is 29.5 Å². The van der Waals surface area contributed by atoms with Crippen LogP contribution in [0.25, 0.3) is 0 Å². The Labute approximate surface area is 146 Å². The zero-order chi connectivity index (χ0) is 17.6. The SMILES string of the molecule is O=C1CSC(c2ccc3c(c2)CCO3)N1Cc1ccc(F)c(F)c1F. The van der Waals surface area contributed by atoms with Crippen LogP contribution in [0.2, 0.25) is 0 Å². The van der Waals surface area contributed by atoms with E-state index >= 15 is 0 Å². The molecule has 130 valence electrons. The molecule has 0 bridgehead atoms. The van der Waals surface area contributed by atoms with Crippen LogP contribution in [0, 0.1) is 17.5 Å². The molecule has 2 aromatic carbocycles. The second-order valence-electron chi connectivity index (χ2n) is 5.99. The van der Waals surface area contributed by atoms with Crippen molar-refractivity contribution >= 4 is 17.7 Å². The van der Waals surface area contributed by atoms with Gasteiger partial charge in [0.05, 0.1) is 18.9 Å². The van der Waals surface area contributed by atoms with Crippen LogP contribution in [0.4, 0.5) is 13.2 Å². The lowest BCUT2D eigenvalue weighted by atomic mass is 10.1. The second kappa shape index (κ2) is 6.29. The molecular weight excluding hydrogens is 351 g/mol. The quantitative estimate of drug-likeness (QED) is 0.775. The van der Waals surface area contributed by atoms with Crippen molar-refractivity contribution < 1.29 is 22.7 Å². The van der Waals surface area contributed by atoms with Crippen LogP contribution in [-0.4, -0.2) is 23.2 Å². The van der Waals surface area contributed by atoms with Crippen LogP contribution in [0.5, 0.6) is 5.75 Å². The number of ether oxygens (including phenoxy) is 1. The lowest BCUT2D eigenvalue weighted by molar-refractivity contribution is -0.128. The maximum atomic E-state index is 14.0. The van der Waals surface area contributed by atoms with Gasteiger partial charge in [0.25, 0.3) is 0 Å². The molecule has 25 heavy (non-hydrogen) atoms. The van der Waals surface area contributed by atoms with Gasteiger partial charge in [0, 0.05) is 12.0 Å². The van der Waals surface area contributed by atoms with E-state index in [1.54, 1.807) is 0 Å². The van der Waals surface area contributed by atoms with E-state index in [4.69, 9.17) is 4.74 Å². The Hall–Kier alpha value is -2.15. The minimum absolute atomic E-state index is 0.0377. The van der Waals surface area contributed by atoms with Crippen LogP contribution in [0.15, 0.2) is 30.3 Å². The summed E-state index contributed by atoms with van der Waals surface area (Å²) in [5.74, 6) is -3.04. The number of rotatable bonds is 3. The van der Waals surface area contributed by atoms with Gasteiger partial charge in [-0.25, -0.2) is 13.2 Å². The van der Waals surface area contributed by atoms with E-state index in [9.17, 15) is 18.0 Å². The van der Waals surface area contributed by atoms with Gasteiger partial charge >= 0.3 is 0 Å². The number of halogens is 3. The van der Waals surface area contributed by atoms with E-state index in [-0.39, 0.29) is 29.1 Å². The van der Waals surface area contributed by atoms with Crippen LogP contribution in [0.1, 0.15) is 22.1 Å². The highest BCUT2D eigenvalue weighted by Gasteiger charge is 2.34. The average Bonchev–Trinajstić information content (AvgIpc) is 3.21. The first-order chi connectivity index (χ1) is 12.0. The summed E-state index contributed by atoms with van der Waals surface area (Å²) in [4.78, 5) is 13.7. The number of carbonyl (C=O) groups is 1. The third-order valence-electron chi connectivity index (χ3n) is 4.42. The van der Waals surface area contributed by atoms with Crippen LogP contribution < -0.4 is 4.74 Å². The zero-order valence-corrected chi connectivity index (χ0v) is 13.9. The van der Waals surface area contributed by atoms with Gasteiger partial charge in [0.2, 0.25) is 5.91 Å². The van der Waals surface area contributed by atoms with E-state index in [0.717, 1.165) is 29.4 Å². The summed E-state index contributed by atoms with van der Waals surface area (Å²) in [6, 6.07) is 7.81. The molecule has 2 aliphatic rings. The summed E-state index contributed by atoms with van der Waals surface area (Å²) in [7, 11) is 0. The smallest absolute Gasteiger partial charge is 0.234 e. The van der Waals surface area contributed by atoms with Crippen molar-refractivity contribution in [3.8, 4) is 5.75 Å². The summed E-state index contributed by atoms with van der Waals surface area (Å²) in [5.41, 5.74) is 1.96. The van der Waals surface area contributed by atoms with Crippen molar-refractivity contribution in [2.75, 3.05) is 12.4 Å². The second-order valence-corrected chi connectivity index (χ2v) is 7.05. The number of hydrogen-bond donors (Lipinski definition) is 0. The highest BCUT2D eigenvalue weighted by molar-refractivity contribution is 8.00. The van der Waals surface area contributed by atoms with E-state index in [1.807, 2.05) is 18.2 Å². The Morgan fingerprint density at radius 3 is 2.84 bits per heavy atom. The van der Waals surface area contributed by atoms with E-state index in [2.05, 4.69) is 0 Å². The Morgan fingerprint density at radius 1 is 1.16 bits per heavy atom. The molecule has 1 amide bonds. The average molecular weight is 365 g/mol. The molecule has 1 saturated heterocycles. The summed E-state index contributed by atoms with van der Waals surface area (Å²) in [6.45, 7) is 0.534. The van der Waals surface area contributed by atoms with Crippen molar-refractivity contribution in [2.24, 2.45) is 0 Å². The molecule has 3 nitrogen and oxygen atoms in total. The lowest BCUT2D eigenvalue weighted by Gasteiger charge is -2.25. The maximum absolute atomic E-state index is 14.0. The third-order valence-corrected chi connectivity index (χ3v) is 5.68. The molecule has 0 saturated carbocycles. The number of fused-ring (bicyclic) bond motifs is 1. The number of benzene rings is 2. The standard InChI is InChI=1S/C18H14F3NO2S/c19-13-3-1-12(16(20)17(13)21)8-22-15(23)9-25-18(22)11-2-4-14-10(7-11)5-6-24-14/h1-4,7,18H,5-6,8-9H2. The van der Waals surface area contributed by atoms with Crippen molar-refractivity contribution in [3.05, 3.63) is 64.5 Å². The molecular formula is C18H14F3NO2S. The predicted molar refractivity (Wildman–Crippen MR) is 87.7 cm³/mol. The molecule has 0 aliphatic carbocycles.